The van der Waals surface area contributed by atoms with Crippen molar-refractivity contribution in [2.24, 2.45) is 0 Å². The molecular weight excluding hydrogens is 386 g/mol. The Hall–Kier alpha value is -2.69. The number of nitrogens with one attached hydrogen (secondary N) is 2. The zero-order valence-corrected chi connectivity index (χ0v) is 16.8. The van der Waals surface area contributed by atoms with Crippen molar-refractivity contribution in [2.75, 3.05) is 33.8 Å². The quantitative estimate of drug-likeness (QED) is 0.450. The summed E-state index contributed by atoms with van der Waals surface area (Å²) in [5.74, 6) is 0.969. The molecule has 2 rings (SSSR count). The molecule has 2 N–H and O–H groups in total. The number of ether oxygens (including phenoxy) is 2. The molecule has 0 saturated heterocycles. The second-order valence-electron chi connectivity index (χ2n) is 6.25. The fourth-order valence-corrected chi connectivity index (χ4v) is 3.36. The van der Waals surface area contributed by atoms with Crippen molar-refractivity contribution in [3.05, 3.63) is 52.6 Å². The number of sulfonamides is 1. The van der Waals surface area contributed by atoms with E-state index >= 15 is 0 Å². The molecule has 2 aromatic carbocycles. The molecule has 0 atom stereocenters. The highest BCUT2D eigenvalue weighted by molar-refractivity contribution is 7.89. The summed E-state index contributed by atoms with van der Waals surface area (Å²) in [6.45, 7) is 3.19. The zero-order chi connectivity index (χ0) is 20.7. The average Bonchev–Trinajstić information content (AvgIpc) is 2.63. The molecule has 28 heavy (non-hydrogen) atoms. The van der Waals surface area contributed by atoms with Crippen LogP contribution in [0.15, 0.2) is 47.4 Å². The molecule has 0 bridgehead atoms. The van der Waals surface area contributed by atoms with Crippen molar-refractivity contribution in [3.63, 3.8) is 0 Å². The van der Waals surface area contributed by atoms with Gasteiger partial charge in [-0.3, -0.25) is 10.1 Å². The lowest BCUT2D eigenvalue weighted by atomic mass is 10.3. The van der Waals surface area contributed by atoms with Crippen LogP contribution in [0.1, 0.15) is 6.92 Å². The minimum atomic E-state index is -3.85. The lowest BCUT2D eigenvalue weighted by molar-refractivity contribution is -0.856. The van der Waals surface area contributed by atoms with Crippen LogP contribution in [-0.4, -0.2) is 47.1 Å². The van der Waals surface area contributed by atoms with Gasteiger partial charge < -0.3 is 14.4 Å². The maximum absolute atomic E-state index is 12.4. The second kappa shape index (κ2) is 9.49. The van der Waals surface area contributed by atoms with Crippen LogP contribution in [0, 0.1) is 10.1 Å². The van der Waals surface area contributed by atoms with Gasteiger partial charge >= 0.3 is 5.69 Å². The number of quaternary nitrogens is 1. The maximum Gasteiger partial charge on any atom is 0.312 e. The Morgan fingerprint density at radius 2 is 1.75 bits per heavy atom. The summed E-state index contributed by atoms with van der Waals surface area (Å²) in [4.78, 5) is 11.6. The Morgan fingerprint density at radius 1 is 1.11 bits per heavy atom. The number of nitro benzene ring substituents is 1. The Kier molecular flexibility index (Phi) is 7.32. The Balaban J connectivity index is 2.23. The number of hydrogen-bond acceptors (Lipinski definition) is 6. The van der Waals surface area contributed by atoms with E-state index < -0.39 is 20.6 Å². The third-order valence-electron chi connectivity index (χ3n) is 3.72. The topological polar surface area (TPSA) is 112 Å². The van der Waals surface area contributed by atoms with Crippen molar-refractivity contribution < 1.29 is 27.7 Å². The van der Waals surface area contributed by atoms with Gasteiger partial charge in [-0.25, -0.2) is 13.1 Å². The first-order valence-corrected chi connectivity index (χ1v) is 10.2. The molecule has 10 heteroatoms. The fraction of sp³-hybridized carbons (Fsp3) is 0.333. The number of rotatable bonds is 10. The molecule has 0 aromatic heterocycles. The molecule has 0 fully saturated rings. The first-order chi connectivity index (χ1) is 13.2. The van der Waals surface area contributed by atoms with Crippen molar-refractivity contribution in [1.82, 2.24) is 4.72 Å². The van der Waals surface area contributed by atoms with E-state index in [4.69, 9.17) is 9.47 Å². The largest absolute Gasteiger partial charge is 0.494 e. The molecule has 0 aliphatic rings. The van der Waals surface area contributed by atoms with E-state index in [0.717, 1.165) is 11.0 Å². The van der Waals surface area contributed by atoms with Gasteiger partial charge in [-0.2, -0.15) is 0 Å². The highest BCUT2D eigenvalue weighted by Gasteiger charge is 2.23. The number of likely N-dealkylation sites (N-methyl/N-ethyl adjacent to an activating group) is 1. The molecule has 2 aromatic rings. The summed E-state index contributed by atoms with van der Waals surface area (Å²) in [7, 11) is -0.0633. The molecule has 0 radical (unpaired) electrons. The average molecular weight is 410 g/mol. The molecule has 0 unspecified atom stereocenters. The molecule has 0 saturated carbocycles. The minimum absolute atomic E-state index is 0.0501. The van der Waals surface area contributed by atoms with Crippen LogP contribution in [0.5, 0.6) is 17.2 Å². The Labute approximate surface area is 164 Å². The van der Waals surface area contributed by atoms with Crippen LogP contribution in [0.25, 0.3) is 0 Å². The molecule has 0 spiro atoms. The second-order valence-corrected chi connectivity index (χ2v) is 8.01. The number of nitro groups is 1. The van der Waals surface area contributed by atoms with Crippen LogP contribution in [0.3, 0.4) is 0 Å². The maximum atomic E-state index is 12.4. The van der Waals surface area contributed by atoms with Crippen molar-refractivity contribution in [1.29, 1.82) is 0 Å². The molecular formula is C18H24N3O6S+. The van der Waals surface area contributed by atoms with Gasteiger partial charge in [0.15, 0.2) is 0 Å². The summed E-state index contributed by atoms with van der Waals surface area (Å²) in [5, 5.41) is 11.4. The van der Waals surface area contributed by atoms with Gasteiger partial charge in [0.1, 0.15) is 11.5 Å². The Bertz CT molecular complexity index is 913. The number of nitrogens with zero attached hydrogens (tertiary/aromatic N) is 1. The van der Waals surface area contributed by atoms with Crippen molar-refractivity contribution in [2.45, 2.75) is 11.8 Å². The summed E-state index contributed by atoms with van der Waals surface area (Å²) in [5.41, 5.74) is -0.435. The van der Waals surface area contributed by atoms with E-state index in [1.165, 1.54) is 12.1 Å². The molecule has 9 nitrogen and oxygen atoms in total. The highest BCUT2D eigenvalue weighted by atomic mass is 32.2. The standard InChI is InChI=1S/C18H23N3O6S/c1-4-26-14-5-7-15(8-6-14)27-18-10-9-16(13-17(18)21(22)23)28(24,25)19-11-12-20(2)3/h5-10,13,19H,4,11-12H2,1-3H3/p+1. The monoisotopic (exact) mass is 410 g/mol. The fourth-order valence-electron chi connectivity index (χ4n) is 2.31. The van der Waals surface area contributed by atoms with Crippen molar-refractivity contribution in [3.8, 4) is 17.2 Å². The van der Waals surface area contributed by atoms with Gasteiger partial charge in [-0.15, -0.1) is 0 Å². The van der Waals surface area contributed by atoms with E-state index in [2.05, 4.69) is 4.72 Å². The van der Waals surface area contributed by atoms with Crippen LogP contribution in [0.4, 0.5) is 5.69 Å². The third-order valence-corrected chi connectivity index (χ3v) is 5.18. The van der Waals surface area contributed by atoms with Crippen LogP contribution < -0.4 is 19.1 Å². The van der Waals surface area contributed by atoms with E-state index in [0.29, 0.717) is 24.7 Å². The smallest absolute Gasteiger partial charge is 0.312 e. The molecule has 0 heterocycles. The third kappa shape index (κ3) is 5.91. The predicted molar refractivity (Wildman–Crippen MR) is 104 cm³/mol. The normalized spacial score (nSPS) is 11.4. The minimum Gasteiger partial charge on any atom is -0.494 e. The van der Waals surface area contributed by atoms with Crippen LogP contribution in [-0.2, 0) is 10.0 Å². The van der Waals surface area contributed by atoms with E-state index in [9.17, 15) is 18.5 Å². The summed E-state index contributed by atoms with van der Waals surface area (Å²) >= 11 is 0. The SMILES string of the molecule is CCOc1ccc(Oc2ccc(S(=O)(=O)NCC[NH+](C)C)cc2[N+](=O)[O-])cc1. The summed E-state index contributed by atoms with van der Waals surface area (Å²) in [6, 6.07) is 10.1. The molecule has 152 valence electrons. The predicted octanol–water partition coefficient (Wildman–Crippen LogP) is 1.21. The molecule has 0 aliphatic heterocycles. The van der Waals surface area contributed by atoms with E-state index in [-0.39, 0.29) is 17.2 Å². The van der Waals surface area contributed by atoms with Gasteiger partial charge in [0.25, 0.3) is 0 Å². The van der Waals surface area contributed by atoms with Gasteiger partial charge in [-0.05, 0) is 43.3 Å². The van der Waals surface area contributed by atoms with Gasteiger partial charge in [0, 0.05) is 6.07 Å². The van der Waals surface area contributed by atoms with Gasteiger partial charge in [0.05, 0.1) is 43.6 Å². The summed E-state index contributed by atoms with van der Waals surface area (Å²) in [6.07, 6.45) is 0. The zero-order valence-electron chi connectivity index (χ0n) is 16.0. The van der Waals surface area contributed by atoms with Crippen LogP contribution >= 0.6 is 0 Å². The van der Waals surface area contributed by atoms with Crippen LogP contribution in [0.2, 0.25) is 0 Å². The summed E-state index contributed by atoms with van der Waals surface area (Å²) < 4.78 is 38.1. The molecule has 0 aliphatic carbocycles. The van der Waals surface area contributed by atoms with E-state index in [1.807, 2.05) is 21.0 Å². The number of benzene rings is 2. The lowest BCUT2D eigenvalue weighted by Gasteiger charge is -2.11. The lowest BCUT2D eigenvalue weighted by Crippen LogP contribution is -3.06. The van der Waals surface area contributed by atoms with Gasteiger partial charge in [0.2, 0.25) is 15.8 Å². The van der Waals surface area contributed by atoms with Gasteiger partial charge in [-0.1, -0.05) is 0 Å². The van der Waals surface area contributed by atoms with E-state index in [1.54, 1.807) is 24.3 Å². The Morgan fingerprint density at radius 3 is 2.32 bits per heavy atom. The first-order valence-electron chi connectivity index (χ1n) is 8.70. The molecule has 0 amide bonds. The highest BCUT2D eigenvalue weighted by Crippen LogP contribution is 2.33. The van der Waals surface area contributed by atoms with Crippen molar-refractivity contribution >= 4 is 15.7 Å². The number of hydrogen-bond donors (Lipinski definition) is 2. The first kappa shape index (κ1) is 21.6.